The monoisotopic (exact) mass is 376 g/mol. The predicted octanol–water partition coefficient (Wildman–Crippen LogP) is 0.707. The van der Waals surface area contributed by atoms with E-state index in [1.807, 2.05) is 0 Å². The Morgan fingerprint density at radius 1 is 0.929 bits per heavy atom. The molecule has 140 valence electrons. The lowest BCUT2D eigenvalue weighted by Gasteiger charge is -2.16. The lowest BCUT2D eigenvalue weighted by molar-refractivity contribution is 0.281. The Bertz CT molecular complexity index is 1330. The lowest BCUT2D eigenvalue weighted by Crippen LogP contribution is -2.41. The third-order valence-electron chi connectivity index (χ3n) is 4.46. The Hall–Kier alpha value is -3.78. The summed E-state index contributed by atoms with van der Waals surface area (Å²) in [5.74, 6) is 0. The number of pyridine rings is 2. The van der Waals surface area contributed by atoms with Crippen molar-refractivity contribution in [1.82, 2.24) is 18.7 Å². The molecule has 3 heterocycles. The largest absolute Gasteiger partial charge is 0.392 e. The van der Waals surface area contributed by atoms with Crippen LogP contribution in [0, 0.1) is 0 Å². The predicted molar refractivity (Wildman–Crippen MR) is 104 cm³/mol. The van der Waals surface area contributed by atoms with Crippen molar-refractivity contribution in [3.8, 4) is 5.69 Å². The molecule has 0 aliphatic carbocycles. The molecule has 3 aromatic heterocycles. The summed E-state index contributed by atoms with van der Waals surface area (Å²) in [5, 5.41) is 9.96. The highest BCUT2D eigenvalue weighted by Gasteiger charge is 2.17. The van der Waals surface area contributed by atoms with E-state index in [4.69, 9.17) is 0 Å². The van der Waals surface area contributed by atoms with Gasteiger partial charge in [0.2, 0.25) is 0 Å². The van der Waals surface area contributed by atoms with E-state index in [2.05, 4.69) is 4.98 Å². The molecule has 0 saturated heterocycles. The van der Waals surface area contributed by atoms with Crippen molar-refractivity contribution in [3.05, 3.63) is 104 Å². The van der Waals surface area contributed by atoms with Crippen LogP contribution in [0.2, 0.25) is 0 Å². The Labute approximate surface area is 158 Å². The van der Waals surface area contributed by atoms with Gasteiger partial charge in [-0.3, -0.25) is 9.59 Å². The van der Waals surface area contributed by atoms with Gasteiger partial charge >= 0.3 is 5.69 Å². The van der Waals surface area contributed by atoms with Crippen LogP contribution in [0.4, 0.5) is 0 Å². The molecule has 0 amide bonds. The summed E-state index contributed by atoms with van der Waals surface area (Å²) in [6.07, 6.45) is 4.52. The molecule has 4 aromatic rings. The zero-order valence-corrected chi connectivity index (χ0v) is 14.7. The smallest absolute Gasteiger partial charge is 0.338 e. The van der Waals surface area contributed by atoms with Crippen molar-refractivity contribution in [2.75, 3.05) is 0 Å². The first-order valence-electron chi connectivity index (χ1n) is 8.56. The fourth-order valence-corrected chi connectivity index (χ4v) is 3.09. The summed E-state index contributed by atoms with van der Waals surface area (Å²) in [4.78, 5) is 41.8. The molecule has 0 aliphatic rings. The number of benzene rings is 1. The molecule has 4 rings (SSSR count). The molecule has 0 fully saturated rings. The first-order valence-corrected chi connectivity index (χ1v) is 8.56. The molecule has 0 radical (unpaired) electrons. The van der Waals surface area contributed by atoms with Crippen LogP contribution in [-0.2, 0) is 13.3 Å². The van der Waals surface area contributed by atoms with Gasteiger partial charge in [-0.1, -0.05) is 18.2 Å². The fourth-order valence-electron chi connectivity index (χ4n) is 3.09. The van der Waals surface area contributed by atoms with Crippen LogP contribution in [0.25, 0.3) is 16.7 Å². The van der Waals surface area contributed by atoms with Gasteiger partial charge in [-0.2, -0.15) is 0 Å². The summed E-state index contributed by atoms with van der Waals surface area (Å²) in [5.41, 5.74) is -0.0343. The lowest BCUT2D eigenvalue weighted by atomic mass is 10.2. The molecule has 1 aromatic carbocycles. The minimum atomic E-state index is -0.587. The average Bonchev–Trinajstić information content (AvgIpc) is 2.73. The minimum absolute atomic E-state index is 0.0654. The van der Waals surface area contributed by atoms with Crippen LogP contribution in [0.1, 0.15) is 5.56 Å². The highest BCUT2D eigenvalue weighted by Crippen LogP contribution is 2.16. The molecular weight excluding hydrogens is 360 g/mol. The quantitative estimate of drug-likeness (QED) is 0.565. The van der Waals surface area contributed by atoms with Gasteiger partial charge in [0.15, 0.2) is 11.1 Å². The number of fused-ring (bicyclic) bond motifs is 1. The minimum Gasteiger partial charge on any atom is -0.392 e. The van der Waals surface area contributed by atoms with Crippen molar-refractivity contribution >= 4 is 11.0 Å². The maximum atomic E-state index is 13.3. The number of aliphatic hydroxyl groups excluding tert-OH is 1. The Morgan fingerprint density at radius 3 is 2.43 bits per heavy atom. The summed E-state index contributed by atoms with van der Waals surface area (Å²) in [7, 11) is 0. The number of aliphatic hydroxyl groups is 1. The van der Waals surface area contributed by atoms with Crippen molar-refractivity contribution < 1.29 is 5.11 Å². The van der Waals surface area contributed by atoms with Crippen LogP contribution < -0.4 is 16.7 Å². The molecule has 8 heteroatoms. The third kappa shape index (κ3) is 2.95. The average molecular weight is 376 g/mol. The molecule has 28 heavy (non-hydrogen) atoms. The summed E-state index contributed by atoms with van der Waals surface area (Å²) in [6, 6.07) is 12.8. The van der Waals surface area contributed by atoms with Gasteiger partial charge in [-0.15, -0.1) is 0 Å². The number of hydrogen-bond acceptors (Lipinski definition) is 5. The van der Waals surface area contributed by atoms with Gasteiger partial charge in [-0.25, -0.2) is 18.9 Å². The normalized spacial score (nSPS) is 11.0. The molecule has 0 unspecified atom stereocenters. The van der Waals surface area contributed by atoms with E-state index in [1.165, 1.54) is 35.3 Å². The third-order valence-corrected chi connectivity index (χ3v) is 4.46. The number of hydrogen-bond donors (Lipinski definition) is 1. The first kappa shape index (κ1) is 17.6. The van der Waals surface area contributed by atoms with E-state index in [9.17, 15) is 19.5 Å². The number of aromatic nitrogens is 4. The van der Waals surface area contributed by atoms with E-state index in [1.54, 1.807) is 41.0 Å². The van der Waals surface area contributed by atoms with Crippen LogP contribution in [-0.4, -0.2) is 23.8 Å². The van der Waals surface area contributed by atoms with Gasteiger partial charge < -0.3 is 9.67 Å². The van der Waals surface area contributed by atoms with E-state index < -0.39 is 11.2 Å². The number of para-hydroxylation sites is 1. The standard InChI is InChI=1S/C20H16N4O4/c25-12-14-4-1-2-6-17(14)24-18-16(5-3-9-21-18)19(27)23(20(24)28)13-22-10-7-15(26)8-11-22/h1-11,25H,12-13H2. The zero-order valence-electron chi connectivity index (χ0n) is 14.7. The van der Waals surface area contributed by atoms with Crippen LogP contribution in [0.3, 0.4) is 0 Å². The maximum Gasteiger partial charge on any atom is 0.338 e. The second-order valence-corrected chi connectivity index (χ2v) is 6.20. The number of nitrogens with zero attached hydrogens (tertiary/aromatic N) is 4. The molecule has 0 bridgehead atoms. The zero-order chi connectivity index (χ0) is 19.7. The van der Waals surface area contributed by atoms with E-state index >= 15 is 0 Å². The van der Waals surface area contributed by atoms with E-state index in [-0.39, 0.29) is 29.7 Å². The number of rotatable bonds is 4. The molecule has 1 N–H and O–H groups in total. The highest BCUT2D eigenvalue weighted by atomic mass is 16.3. The Balaban J connectivity index is 2.04. The van der Waals surface area contributed by atoms with E-state index in [0.717, 1.165) is 4.57 Å². The molecular formula is C20H16N4O4. The molecule has 8 nitrogen and oxygen atoms in total. The van der Waals surface area contributed by atoms with Gasteiger partial charge in [0, 0.05) is 36.3 Å². The topological polar surface area (TPSA) is 99.1 Å². The van der Waals surface area contributed by atoms with Gasteiger partial charge in [0.05, 0.1) is 17.7 Å². The van der Waals surface area contributed by atoms with Crippen LogP contribution >= 0.6 is 0 Å². The molecule has 0 atom stereocenters. The second kappa shape index (κ2) is 7.09. The van der Waals surface area contributed by atoms with Gasteiger partial charge in [0.1, 0.15) is 6.67 Å². The fraction of sp³-hybridized carbons (Fsp3) is 0.100. The maximum absolute atomic E-state index is 13.3. The van der Waals surface area contributed by atoms with Crippen molar-refractivity contribution in [3.63, 3.8) is 0 Å². The van der Waals surface area contributed by atoms with Crippen molar-refractivity contribution in [1.29, 1.82) is 0 Å². The van der Waals surface area contributed by atoms with Crippen LogP contribution in [0.5, 0.6) is 0 Å². The molecule has 0 saturated carbocycles. The summed E-state index contributed by atoms with van der Waals surface area (Å²) in [6.45, 7) is -0.333. The highest BCUT2D eigenvalue weighted by molar-refractivity contribution is 5.75. The van der Waals surface area contributed by atoms with Gasteiger partial charge in [-0.05, 0) is 18.2 Å². The van der Waals surface area contributed by atoms with Crippen molar-refractivity contribution in [2.24, 2.45) is 0 Å². The molecule has 0 spiro atoms. The van der Waals surface area contributed by atoms with E-state index in [0.29, 0.717) is 11.3 Å². The van der Waals surface area contributed by atoms with Crippen molar-refractivity contribution in [2.45, 2.75) is 13.3 Å². The second-order valence-electron chi connectivity index (χ2n) is 6.20. The Morgan fingerprint density at radius 2 is 1.68 bits per heavy atom. The van der Waals surface area contributed by atoms with Crippen LogP contribution in [0.15, 0.2) is 81.5 Å². The summed E-state index contributed by atoms with van der Waals surface area (Å²) >= 11 is 0. The first-order chi connectivity index (χ1) is 13.6. The summed E-state index contributed by atoms with van der Waals surface area (Å²) < 4.78 is 3.96. The SMILES string of the molecule is O=c1ccn(Cn2c(=O)c3cccnc3n(-c3ccccc3CO)c2=O)cc1. The molecule has 0 aliphatic heterocycles. The van der Waals surface area contributed by atoms with Gasteiger partial charge in [0.25, 0.3) is 5.56 Å². The Kier molecular flexibility index (Phi) is 4.46.